The van der Waals surface area contributed by atoms with Gasteiger partial charge in [0.2, 0.25) is 0 Å². The van der Waals surface area contributed by atoms with Crippen molar-refractivity contribution in [3.05, 3.63) is 28.7 Å². The number of aliphatic hydroxyl groups is 1. The molecule has 0 radical (unpaired) electrons. The third-order valence-corrected chi connectivity index (χ3v) is 5.63. The van der Waals surface area contributed by atoms with E-state index in [9.17, 15) is 5.11 Å². The molecule has 3 rings (SSSR count). The molecule has 0 heterocycles. The van der Waals surface area contributed by atoms with Gasteiger partial charge in [0.25, 0.3) is 0 Å². The molecule has 2 saturated carbocycles. The third-order valence-electron chi connectivity index (χ3n) is 5.10. The summed E-state index contributed by atoms with van der Waals surface area (Å²) < 4.78 is 6.89. The smallest absolute Gasteiger partial charge is 0.119 e. The van der Waals surface area contributed by atoms with Gasteiger partial charge in [0.05, 0.1) is 6.61 Å². The van der Waals surface area contributed by atoms with Crippen molar-refractivity contribution < 1.29 is 9.84 Å². The second-order valence-corrected chi connectivity index (χ2v) is 7.07. The van der Waals surface area contributed by atoms with E-state index in [4.69, 9.17) is 4.74 Å². The lowest BCUT2D eigenvalue weighted by Gasteiger charge is -2.36. The molecule has 1 aromatic rings. The van der Waals surface area contributed by atoms with Crippen molar-refractivity contribution >= 4 is 15.9 Å². The van der Waals surface area contributed by atoms with E-state index in [0.29, 0.717) is 13.2 Å². The van der Waals surface area contributed by atoms with Gasteiger partial charge in [-0.15, -0.1) is 0 Å². The fraction of sp³-hybridized carbons (Fsp3) is 0.625. The lowest BCUT2D eigenvalue weighted by Crippen LogP contribution is -2.33. The number of rotatable bonds is 5. The van der Waals surface area contributed by atoms with Crippen LogP contribution in [0.5, 0.6) is 5.75 Å². The molecule has 2 nitrogen and oxygen atoms in total. The van der Waals surface area contributed by atoms with Gasteiger partial charge in [-0.05, 0) is 67.2 Å². The quantitative estimate of drug-likeness (QED) is 0.886. The van der Waals surface area contributed by atoms with Gasteiger partial charge in [-0.2, -0.15) is 0 Å². The van der Waals surface area contributed by atoms with E-state index in [0.717, 1.165) is 28.5 Å². The number of benzene rings is 1. The number of hydrogen-bond acceptors (Lipinski definition) is 2. The minimum absolute atomic E-state index is 0.151. The predicted molar refractivity (Wildman–Crippen MR) is 79.2 cm³/mol. The second-order valence-electron chi connectivity index (χ2n) is 6.15. The minimum Gasteiger partial charge on any atom is -0.494 e. The van der Waals surface area contributed by atoms with Gasteiger partial charge in [0.15, 0.2) is 0 Å². The Bertz CT molecular complexity index is 431. The predicted octanol–water partition coefficient (Wildman–Crippen LogP) is 4.02. The van der Waals surface area contributed by atoms with Crippen LogP contribution >= 0.6 is 15.9 Å². The standard InChI is InChI=1S/C16H21BrO2/c17-14-3-5-15(6-4-14)19-8-7-16(11-18)10-12-1-2-13(16)9-12/h3-6,12-13,18H,1-2,7-11H2. The maximum atomic E-state index is 9.81. The van der Waals surface area contributed by atoms with E-state index in [-0.39, 0.29) is 5.41 Å². The fourth-order valence-corrected chi connectivity index (χ4v) is 4.30. The second kappa shape index (κ2) is 5.45. The Kier molecular flexibility index (Phi) is 3.86. The van der Waals surface area contributed by atoms with Crippen LogP contribution in [0.25, 0.3) is 0 Å². The molecule has 3 atom stereocenters. The van der Waals surface area contributed by atoms with Gasteiger partial charge in [0.1, 0.15) is 5.75 Å². The van der Waals surface area contributed by atoms with Gasteiger partial charge in [-0.3, -0.25) is 0 Å². The zero-order valence-corrected chi connectivity index (χ0v) is 12.7. The number of aliphatic hydroxyl groups excluding tert-OH is 1. The molecule has 2 fully saturated rings. The summed E-state index contributed by atoms with van der Waals surface area (Å²) in [6.07, 6.45) is 6.21. The van der Waals surface area contributed by atoms with Crippen LogP contribution in [-0.2, 0) is 0 Å². The summed E-state index contributed by atoms with van der Waals surface area (Å²) in [5.41, 5.74) is 0.151. The van der Waals surface area contributed by atoms with E-state index in [1.54, 1.807) is 0 Å². The molecule has 3 unspecified atom stereocenters. The molecule has 104 valence electrons. The molecule has 0 aliphatic heterocycles. The van der Waals surface area contributed by atoms with Crippen LogP contribution in [0.2, 0.25) is 0 Å². The summed E-state index contributed by atoms with van der Waals surface area (Å²) in [6.45, 7) is 1.04. The van der Waals surface area contributed by atoms with Crippen LogP contribution in [-0.4, -0.2) is 18.3 Å². The maximum Gasteiger partial charge on any atom is 0.119 e. The molecule has 2 aliphatic carbocycles. The number of hydrogen-bond donors (Lipinski definition) is 1. The van der Waals surface area contributed by atoms with E-state index in [1.165, 1.54) is 25.7 Å². The van der Waals surface area contributed by atoms with Crippen molar-refractivity contribution in [1.82, 2.24) is 0 Å². The molecule has 0 spiro atoms. The van der Waals surface area contributed by atoms with Crippen LogP contribution < -0.4 is 4.74 Å². The Morgan fingerprint density at radius 2 is 2.05 bits per heavy atom. The Morgan fingerprint density at radius 1 is 1.26 bits per heavy atom. The average molecular weight is 325 g/mol. The Balaban J connectivity index is 1.55. The Labute approximate surface area is 123 Å². The van der Waals surface area contributed by atoms with Gasteiger partial charge in [-0.25, -0.2) is 0 Å². The maximum absolute atomic E-state index is 9.81. The SMILES string of the molecule is OCC1(CCOc2ccc(Br)cc2)CC2CCC1C2. The summed E-state index contributed by atoms with van der Waals surface area (Å²) in [5, 5.41) is 9.81. The first-order chi connectivity index (χ1) is 9.22. The third kappa shape index (κ3) is 2.68. The molecule has 0 aromatic heterocycles. The zero-order chi connectivity index (χ0) is 13.3. The summed E-state index contributed by atoms with van der Waals surface area (Å²) in [4.78, 5) is 0. The van der Waals surface area contributed by atoms with E-state index in [1.807, 2.05) is 24.3 Å². The molecular formula is C16H21BrO2. The highest BCUT2D eigenvalue weighted by atomic mass is 79.9. The van der Waals surface area contributed by atoms with E-state index < -0.39 is 0 Å². The van der Waals surface area contributed by atoms with E-state index in [2.05, 4.69) is 15.9 Å². The van der Waals surface area contributed by atoms with Gasteiger partial charge in [0, 0.05) is 11.1 Å². The summed E-state index contributed by atoms with van der Waals surface area (Å²) in [5.74, 6) is 2.51. The van der Waals surface area contributed by atoms with Gasteiger partial charge >= 0.3 is 0 Å². The first-order valence-electron chi connectivity index (χ1n) is 7.21. The van der Waals surface area contributed by atoms with Crippen molar-refractivity contribution in [3.8, 4) is 5.75 Å². The monoisotopic (exact) mass is 324 g/mol. The lowest BCUT2D eigenvalue weighted by atomic mass is 9.71. The highest BCUT2D eigenvalue weighted by Gasteiger charge is 2.50. The van der Waals surface area contributed by atoms with Crippen LogP contribution in [0.1, 0.15) is 32.1 Å². The molecule has 0 saturated heterocycles. The molecule has 19 heavy (non-hydrogen) atoms. The van der Waals surface area contributed by atoms with Gasteiger partial charge in [-0.1, -0.05) is 22.4 Å². The normalized spacial score (nSPS) is 32.7. The first-order valence-corrected chi connectivity index (χ1v) is 8.00. The first kappa shape index (κ1) is 13.4. The summed E-state index contributed by atoms with van der Waals surface area (Å²) in [6, 6.07) is 7.95. The van der Waals surface area contributed by atoms with E-state index >= 15 is 0 Å². The van der Waals surface area contributed by atoms with Crippen LogP contribution in [0, 0.1) is 17.3 Å². The largest absolute Gasteiger partial charge is 0.494 e. The number of fused-ring (bicyclic) bond motifs is 2. The van der Waals surface area contributed by atoms with Crippen molar-refractivity contribution in [2.45, 2.75) is 32.1 Å². The molecule has 1 N–H and O–H groups in total. The molecule has 0 amide bonds. The molecule has 1 aromatic carbocycles. The highest BCUT2D eigenvalue weighted by Crippen LogP contribution is 2.57. The number of halogens is 1. The summed E-state index contributed by atoms with van der Waals surface area (Å²) >= 11 is 3.42. The topological polar surface area (TPSA) is 29.5 Å². The van der Waals surface area contributed by atoms with Crippen LogP contribution in [0.4, 0.5) is 0 Å². The molecule has 2 aliphatic rings. The van der Waals surface area contributed by atoms with Crippen molar-refractivity contribution in [3.63, 3.8) is 0 Å². The minimum atomic E-state index is 0.151. The molecule has 3 heteroatoms. The van der Waals surface area contributed by atoms with Crippen molar-refractivity contribution in [1.29, 1.82) is 0 Å². The fourth-order valence-electron chi connectivity index (χ4n) is 4.04. The lowest BCUT2D eigenvalue weighted by molar-refractivity contribution is 0.0425. The Morgan fingerprint density at radius 3 is 2.63 bits per heavy atom. The molecule has 2 bridgehead atoms. The Hall–Kier alpha value is -0.540. The van der Waals surface area contributed by atoms with Gasteiger partial charge < -0.3 is 9.84 Å². The zero-order valence-electron chi connectivity index (χ0n) is 11.1. The van der Waals surface area contributed by atoms with Crippen molar-refractivity contribution in [2.75, 3.05) is 13.2 Å². The van der Waals surface area contributed by atoms with Crippen molar-refractivity contribution in [2.24, 2.45) is 17.3 Å². The van der Waals surface area contributed by atoms with Crippen LogP contribution in [0.15, 0.2) is 28.7 Å². The molecular weight excluding hydrogens is 304 g/mol. The van der Waals surface area contributed by atoms with Crippen LogP contribution in [0.3, 0.4) is 0 Å². The summed E-state index contributed by atoms with van der Waals surface area (Å²) in [7, 11) is 0. The highest BCUT2D eigenvalue weighted by molar-refractivity contribution is 9.10. The average Bonchev–Trinajstić information content (AvgIpc) is 3.02. The number of ether oxygens (including phenoxy) is 1.